The number of aromatic nitrogens is 2. The fourth-order valence-corrected chi connectivity index (χ4v) is 2.67. The van der Waals surface area contributed by atoms with Crippen LogP contribution in [0.3, 0.4) is 0 Å². The van der Waals surface area contributed by atoms with Gasteiger partial charge in [-0.15, -0.1) is 0 Å². The van der Waals surface area contributed by atoms with Crippen molar-refractivity contribution < 1.29 is 32.0 Å². The van der Waals surface area contributed by atoms with Gasteiger partial charge in [-0.1, -0.05) is 17.3 Å². The molecule has 0 spiro atoms. The summed E-state index contributed by atoms with van der Waals surface area (Å²) >= 11 is 0. The van der Waals surface area contributed by atoms with Crippen molar-refractivity contribution in [3.63, 3.8) is 0 Å². The predicted octanol–water partition coefficient (Wildman–Crippen LogP) is 4.14. The summed E-state index contributed by atoms with van der Waals surface area (Å²) < 4.78 is 53.3. The van der Waals surface area contributed by atoms with Crippen LogP contribution in [-0.4, -0.2) is 45.9 Å². The molecule has 1 amide bonds. The quantitative estimate of drug-likeness (QED) is 0.772. The van der Waals surface area contributed by atoms with Crippen molar-refractivity contribution in [1.82, 2.24) is 15.0 Å². The van der Waals surface area contributed by atoms with Gasteiger partial charge in [0.25, 0.3) is 0 Å². The van der Waals surface area contributed by atoms with Gasteiger partial charge >= 0.3 is 18.2 Å². The van der Waals surface area contributed by atoms with Gasteiger partial charge in [0.2, 0.25) is 5.82 Å². The van der Waals surface area contributed by atoms with Crippen molar-refractivity contribution in [1.29, 1.82) is 0 Å². The largest absolute Gasteiger partial charge is 0.488 e. The first-order chi connectivity index (χ1) is 13.0. The molecule has 1 aromatic carbocycles. The average molecular weight is 399 g/mol. The first kappa shape index (κ1) is 20.0. The van der Waals surface area contributed by atoms with E-state index in [0.29, 0.717) is 30.8 Å². The van der Waals surface area contributed by atoms with Crippen LogP contribution in [0.15, 0.2) is 28.8 Å². The third-order valence-electron chi connectivity index (χ3n) is 3.86. The second kappa shape index (κ2) is 7.33. The van der Waals surface area contributed by atoms with Crippen molar-refractivity contribution in [2.24, 2.45) is 0 Å². The molecule has 0 aliphatic carbocycles. The first-order valence-electron chi connectivity index (χ1n) is 8.67. The second-order valence-corrected chi connectivity index (χ2v) is 7.40. The number of alkyl halides is 3. The Morgan fingerprint density at radius 3 is 2.68 bits per heavy atom. The highest BCUT2D eigenvalue weighted by molar-refractivity contribution is 5.68. The molecule has 1 aromatic heterocycles. The molecule has 0 radical (unpaired) electrons. The van der Waals surface area contributed by atoms with E-state index < -0.39 is 23.8 Å². The molecule has 1 aliphatic rings. The maximum Gasteiger partial charge on any atom is 0.471 e. The van der Waals surface area contributed by atoms with E-state index in [0.717, 1.165) is 0 Å². The van der Waals surface area contributed by atoms with Crippen LogP contribution in [-0.2, 0) is 10.9 Å². The Labute approximate surface area is 159 Å². The molecular formula is C18H20F3N3O4. The second-order valence-electron chi connectivity index (χ2n) is 7.40. The standard InChI is InChI=1S/C18H20F3N3O4/c1-17(2,3)27-16(25)24-8-7-13(10-24)26-12-6-4-5-11(9-12)14-22-15(28-23-14)18(19,20)21/h4-6,9,13H,7-8,10H2,1-3H3. The smallest absolute Gasteiger partial charge is 0.471 e. The van der Waals surface area contributed by atoms with Crippen molar-refractivity contribution >= 4 is 6.09 Å². The number of hydrogen-bond donors (Lipinski definition) is 0. The van der Waals surface area contributed by atoms with Crippen molar-refractivity contribution in [3.8, 4) is 17.1 Å². The number of benzene rings is 1. The van der Waals surface area contributed by atoms with E-state index in [9.17, 15) is 18.0 Å². The van der Waals surface area contributed by atoms with Gasteiger partial charge in [0, 0.05) is 18.5 Å². The molecule has 28 heavy (non-hydrogen) atoms. The Bertz CT molecular complexity index is 845. The SMILES string of the molecule is CC(C)(C)OC(=O)N1CCC(Oc2cccc(-c3noc(C(F)(F)F)n3)c2)C1. The van der Waals surface area contributed by atoms with E-state index in [4.69, 9.17) is 9.47 Å². The van der Waals surface area contributed by atoms with E-state index in [1.807, 2.05) is 0 Å². The van der Waals surface area contributed by atoms with Crippen LogP contribution < -0.4 is 4.74 Å². The fraction of sp³-hybridized carbons (Fsp3) is 0.500. The summed E-state index contributed by atoms with van der Waals surface area (Å²) in [5.74, 6) is -1.15. The molecule has 0 saturated carbocycles. The van der Waals surface area contributed by atoms with Gasteiger partial charge in [-0.2, -0.15) is 18.2 Å². The monoisotopic (exact) mass is 399 g/mol. The number of carbonyl (C=O) groups is 1. The minimum absolute atomic E-state index is 0.181. The lowest BCUT2D eigenvalue weighted by molar-refractivity contribution is -0.159. The molecule has 0 bridgehead atoms. The van der Waals surface area contributed by atoms with Gasteiger partial charge in [0.05, 0.1) is 6.54 Å². The van der Waals surface area contributed by atoms with Crippen molar-refractivity contribution in [2.45, 2.75) is 45.1 Å². The number of nitrogens with zero attached hydrogens (tertiary/aromatic N) is 3. The molecule has 0 N–H and O–H groups in total. The topological polar surface area (TPSA) is 77.7 Å². The average Bonchev–Trinajstić information content (AvgIpc) is 3.22. The molecule has 10 heteroatoms. The van der Waals surface area contributed by atoms with Crippen LogP contribution in [0.4, 0.5) is 18.0 Å². The van der Waals surface area contributed by atoms with E-state index in [1.165, 1.54) is 6.07 Å². The molecule has 3 rings (SSSR count). The lowest BCUT2D eigenvalue weighted by Gasteiger charge is -2.24. The molecule has 1 fully saturated rings. The maximum absolute atomic E-state index is 12.6. The molecular weight excluding hydrogens is 379 g/mol. The predicted molar refractivity (Wildman–Crippen MR) is 91.6 cm³/mol. The summed E-state index contributed by atoms with van der Waals surface area (Å²) in [5, 5.41) is 3.36. The minimum Gasteiger partial charge on any atom is -0.488 e. The highest BCUT2D eigenvalue weighted by atomic mass is 19.4. The summed E-state index contributed by atoms with van der Waals surface area (Å²) in [6, 6.07) is 6.37. The molecule has 1 unspecified atom stereocenters. The summed E-state index contributed by atoms with van der Waals surface area (Å²) in [6.07, 6.45) is -4.74. The van der Waals surface area contributed by atoms with Crippen LogP contribution in [0.5, 0.6) is 5.75 Å². The van der Waals surface area contributed by atoms with E-state index in [2.05, 4.69) is 14.7 Å². The number of rotatable bonds is 3. The number of ether oxygens (including phenoxy) is 2. The van der Waals surface area contributed by atoms with E-state index >= 15 is 0 Å². The highest BCUT2D eigenvalue weighted by Crippen LogP contribution is 2.30. The van der Waals surface area contributed by atoms with Gasteiger partial charge in [-0.3, -0.25) is 0 Å². The Hall–Kier alpha value is -2.78. The first-order valence-corrected chi connectivity index (χ1v) is 8.67. The highest BCUT2D eigenvalue weighted by Gasteiger charge is 2.38. The van der Waals surface area contributed by atoms with Crippen LogP contribution in [0.1, 0.15) is 33.1 Å². The van der Waals surface area contributed by atoms with Gasteiger partial charge in [0.1, 0.15) is 17.5 Å². The molecule has 2 heterocycles. The minimum atomic E-state index is -4.70. The van der Waals surface area contributed by atoms with Gasteiger partial charge in [0.15, 0.2) is 0 Å². The number of halogens is 3. The van der Waals surface area contributed by atoms with Gasteiger partial charge in [-0.25, -0.2) is 4.79 Å². The normalized spacial score (nSPS) is 17.6. The van der Waals surface area contributed by atoms with Crippen molar-refractivity contribution in [3.05, 3.63) is 30.2 Å². The zero-order chi connectivity index (χ0) is 20.5. The van der Waals surface area contributed by atoms with Crippen LogP contribution in [0.25, 0.3) is 11.4 Å². The third kappa shape index (κ3) is 4.93. The molecule has 2 aromatic rings. The molecule has 1 saturated heterocycles. The lowest BCUT2D eigenvalue weighted by Crippen LogP contribution is -2.36. The van der Waals surface area contributed by atoms with Crippen LogP contribution in [0.2, 0.25) is 0 Å². The fourth-order valence-electron chi connectivity index (χ4n) is 2.67. The molecule has 7 nitrogen and oxygen atoms in total. The van der Waals surface area contributed by atoms with Crippen LogP contribution >= 0.6 is 0 Å². The number of carbonyl (C=O) groups excluding carboxylic acids is 1. The van der Waals surface area contributed by atoms with Crippen molar-refractivity contribution in [2.75, 3.05) is 13.1 Å². The molecule has 1 atom stereocenters. The Balaban J connectivity index is 1.64. The van der Waals surface area contributed by atoms with Gasteiger partial charge in [-0.05, 0) is 32.9 Å². The van der Waals surface area contributed by atoms with E-state index in [1.54, 1.807) is 43.9 Å². The summed E-state index contributed by atoms with van der Waals surface area (Å²) in [5.41, 5.74) is -0.247. The summed E-state index contributed by atoms with van der Waals surface area (Å²) in [4.78, 5) is 17.0. The number of hydrogen-bond acceptors (Lipinski definition) is 6. The third-order valence-corrected chi connectivity index (χ3v) is 3.86. The maximum atomic E-state index is 12.6. The Kier molecular flexibility index (Phi) is 5.22. The number of amides is 1. The Morgan fingerprint density at radius 2 is 2.04 bits per heavy atom. The zero-order valence-electron chi connectivity index (χ0n) is 15.6. The van der Waals surface area contributed by atoms with Crippen LogP contribution in [0, 0.1) is 0 Å². The molecule has 152 valence electrons. The summed E-state index contributed by atoms with van der Waals surface area (Å²) in [7, 11) is 0. The Morgan fingerprint density at radius 1 is 1.29 bits per heavy atom. The number of likely N-dealkylation sites (tertiary alicyclic amines) is 1. The van der Waals surface area contributed by atoms with Gasteiger partial charge < -0.3 is 18.9 Å². The summed E-state index contributed by atoms with van der Waals surface area (Å²) in [6.45, 7) is 6.24. The van der Waals surface area contributed by atoms with E-state index in [-0.39, 0.29) is 11.9 Å². The molecule has 1 aliphatic heterocycles. The lowest BCUT2D eigenvalue weighted by atomic mass is 10.2. The zero-order valence-corrected chi connectivity index (χ0v) is 15.6.